The van der Waals surface area contributed by atoms with Gasteiger partial charge in [-0.3, -0.25) is 14.5 Å². The van der Waals surface area contributed by atoms with E-state index in [0.29, 0.717) is 11.3 Å². The first-order valence-corrected chi connectivity index (χ1v) is 10.6. The molecule has 2 aromatic carbocycles. The second-order valence-electron chi connectivity index (χ2n) is 7.80. The molecule has 7 heteroatoms. The van der Waals surface area contributed by atoms with Crippen molar-refractivity contribution in [2.45, 2.75) is 37.8 Å². The second kappa shape index (κ2) is 9.68. The van der Waals surface area contributed by atoms with Crippen LogP contribution in [-0.2, 0) is 4.79 Å². The zero-order valence-electron chi connectivity index (χ0n) is 17.8. The molecule has 0 aliphatic heterocycles. The highest BCUT2D eigenvalue weighted by molar-refractivity contribution is 6.08. The summed E-state index contributed by atoms with van der Waals surface area (Å²) in [5.41, 5.74) is 0.833. The fourth-order valence-corrected chi connectivity index (χ4v) is 4.08. The van der Waals surface area contributed by atoms with E-state index >= 15 is 0 Å². The predicted molar refractivity (Wildman–Crippen MR) is 118 cm³/mol. The Labute approximate surface area is 186 Å². The van der Waals surface area contributed by atoms with Crippen molar-refractivity contribution in [3.63, 3.8) is 0 Å². The van der Waals surface area contributed by atoms with Crippen LogP contribution >= 0.6 is 0 Å². The van der Waals surface area contributed by atoms with Gasteiger partial charge in [-0.25, -0.2) is 4.39 Å². The Morgan fingerprint density at radius 3 is 2.47 bits per heavy atom. The van der Waals surface area contributed by atoms with Gasteiger partial charge in [0.05, 0.1) is 13.4 Å². The Bertz CT molecular complexity index is 1060. The third-order valence-corrected chi connectivity index (χ3v) is 5.68. The van der Waals surface area contributed by atoms with Gasteiger partial charge in [0.2, 0.25) is 5.91 Å². The minimum absolute atomic E-state index is 0.0522. The number of nitrogens with zero attached hydrogens (tertiary/aromatic N) is 1. The molecule has 4 rings (SSSR count). The van der Waals surface area contributed by atoms with Crippen LogP contribution in [0.1, 0.15) is 47.8 Å². The van der Waals surface area contributed by atoms with E-state index in [1.807, 2.05) is 0 Å². The van der Waals surface area contributed by atoms with Crippen molar-refractivity contribution >= 4 is 17.5 Å². The topological polar surface area (TPSA) is 71.8 Å². The van der Waals surface area contributed by atoms with Gasteiger partial charge >= 0.3 is 0 Å². The van der Waals surface area contributed by atoms with Gasteiger partial charge in [0.25, 0.3) is 5.91 Å². The fourth-order valence-electron chi connectivity index (χ4n) is 4.08. The zero-order valence-corrected chi connectivity index (χ0v) is 17.8. The third kappa shape index (κ3) is 4.66. The van der Waals surface area contributed by atoms with Crippen molar-refractivity contribution in [1.29, 1.82) is 0 Å². The van der Waals surface area contributed by atoms with Crippen molar-refractivity contribution in [2.75, 3.05) is 12.0 Å². The average molecular weight is 436 g/mol. The Kier molecular flexibility index (Phi) is 6.54. The number of hydrogen-bond acceptors (Lipinski definition) is 4. The molecular formula is C25H25FN2O4. The largest absolute Gasteiger partial charge is 0.497 e. The van der Waals surface area contributed by atoms with Gasteiger partial charge in [0, 0.05) is 11.7 Å². The van der Waals surface area contributed by atoms with Gasteiger partial charge in [0.15, 0.2) is 5.76 Å². The van der Waals surface area contributed by atoms with E-state index < -0.39 is 17.8 Å². The summed E-state index contributed by atoms with van der Waals surface area (Å²) in [5, 5.41) is 3.08. The molecule has 2 amide bonds. The fraction of sp³-hybridized carbons (Fsp3) is 0.280. The Morgan fingerprint density at radius 2 is 1.84 bits per heavy atom. The Balaban J connectivity index is 1.80. The number of halogens is 1. The molecule has 1 saturated carbocycles. The molecule has 1 aliphatic rings. The molecule has 1 fully saturated rings. The number of anilines is 1. The standard InChI is InChI=1S/C25H25FN2O4/c1-31-21-13-11-17(12-14-21)23(24(29)27-19-7-2-3-8-19)28(20-9-4-6-18(26)16-20)25(30)22-10-5-15-32-22/h4-6,9-16,19,23H,2-3,7-8H2,1H3,(H,27,29). The summed E-state index contributed by atoms with van der Waals surface area (Å²) < 4.78 is 24.7. The molecule has 1 aliphatic carbocycles. The number of carbonyl (C=O) groups excluding carboxylic acids is 2. The number of ether oxygens (including phenoxy) is 1. The predicted octanol–water partition coefficient (Wildman–Crippen LogP) is 4.87. The summed E-state index contributed by atoms with van der Waals surface area (Å²) in [7, 11) is 1.55. The summed E-state index contributed by atoms with van der Waals surface area (Å²) >= 11 is 0. The molecule has 0 radical (unpaired) electrons. The molecule has 0 bridgehead atoms. The first-order valence-electron chi connectivity index (χ1n) is 10.6. The maximum atomic E-state index is 14.1. The van der Waals surface area contributed by atoms with Crippen LogP contribution in [0.4, 0.5) is 10.1 Å². The van der Waals surface area contributed by atoms with E-state index in [4.69, 9.17) is 9.15 Å². The van der Waals surface area contributed by atoms with Crippen molar-refractivity contribution in [2.24, 2.45) is 0 Å². The lowest BCUT2D eigenvalue weighted by atomic mass is 10.0. The molecule has 166 valence electrons. The van der Waals surface area contributed by atoms with Gasteiger partial charge in [-0.1, -0.05) is 31.0 Å². The van der Waals surface area contributed by atoms with E-state index in [2.05, 4.69) is 5.32 Å². The lowest BCUT2D eigenvalue weighted by Gasteiger charge is -2.32. The second-order valence-corrected chi connectivity index (χ2v) is 7.80. The molecule has 0 spiro atoms. The number of benzene rings is 2. The summed E-state index contributed by atoms with van der Waals surface area (Å²) in [6.07, 6.45) is 5.28. The van der Waals surface area contributed by atoms with E-state index in [1.54, 1.807) is 43.5 Å². The maximum absolute atomic E-state index is 14.1. The summed E-state index contributed by atoms with van der Waals surface area (Å²) in [5.74, 6) is -0.696. The molecule has 3 aromatic rings. The Hall–Kier alpha value is -3.61. The van der Waals surface area contributed by atoms with E-state index in [9.17, 15) is 14.0 Å². The summed E-state index contributed by atoms with van der Waals surface area (Å²) in [4.78, 5) is 28.4. The van der Waals surface area contributed by atoms with Crippen molar-refractivity contribution in [3.05, 3.63) is 84.1 Å². The number of furan rings is 1. The number of rotatable bonds is 7. The maximum Gasteiger partial charge on any atom is 0.294 e. The first-order chi connectivity index (χ1) is 15.6. The van der Waals surface area contributed by atoms with E-state index in [0.717, 1.165) is 25.7 Å². The molecule has 0 saturated heterocycles. The van der Waals surface area contributed by atoms with Gasteiger partial charge in [-0.15, -0.1) is 0 Å². The number of methoxy groups -OCH3 is 1. The van der Waals surface area contributed by atoms with Crippen LogP contribution in [0, 0.1) is 5.82 Å². The van der Waals surface area contributed by atoms with Gasteiger partial charge in [-0.05, 0) is 60.9 Å². The Morgan fingerprint density at radius 1 is 1.09 bits per heavy atom. The number of hydrogen-bond donors (Lipinski definition) is 1. The highest BCUT2D eigenvalue weighted by atomic mass is 19.1. The molecule has 6 nitrogen and oxygen atoms in total. The number of nitrogens with one attached hydrogen (secondary N) is 1. The van der Waals surface area contributed by atoms with Crippen molar-refractivity contribution < 1.29 is 23.1 Å². The molecule has 1 atom stereocenters. The quantitative estimate of drug-likeness (QED) is 0.573. The summed E-state index contributed by atoms with van der Waals surface area (Å²) in [6, 6.07) is 14.7. The van der Waals surface area contributed by atoms with Crippen LogP contribution in [0.2, 0.25) is 0 Å². The molecule has 1 unspecified atom stereocenters. The highest BCUT2D eigenvalue weighted by Crippen LogP contribution is 2.32. The van der Waals surface area contributed by atoms with Crippen LogP contribution in [0.5, 0.6) is 5.75 Å². The smallest absolute Gasteiger partial charge is 0.294 e. The lowest BCUT2D eigenvalue weighted by Crippen LogP contribution is -2.46. The first kappa shape index (κ1) is 21.6. The lowest BCUT2D eigenvalue weighted by molar-refractivity contribution is -0.123. The molecule has 1 aromatic heterocycles. The van der Waals surface area contributed by atoms with Crippen LogP contribution < -0.4 is 15.0 Å². The number of amides is 2. The van der Waals surface area contributed by atoms with Gasteiger partial charge < -0.3 is 14.5 Å². The van der Waals surface area contributed by atoms with Crippen LogP contribution in [0.25, 0.3) is 0 Å². The minimum atomic E-state index is -1.03. The molecular weight excluding hydrogens is 411 g/mol. The number of carbonyl (C=O) groups is 2. The van der Waals surface area contributed by atoms with E-state index in [1.165, 1.54) is 35.4 Å². The third-order valence-electron chi connectivity index (χ3n) is 5.68. The van der Waals surface area contributed by atoms with E-state index in [-0.39, 0.29) is 23.4 Å². The van der Waals surface area contributed by atoms with Gasteiger partial charge in [0.1, 0.15) is 17.6 Å². The van der Waals surface area contributed by atoms with Crippen LogP contribution in [-0.4, -0.2) is 25.0 Å². The van der Waals surface area contributed by atoms with Crippen molar-refractivity contribution in [1.82, 2.24) is 5.32 Å². The van der Waals surface area contributed by atoms with Crippen LogP contribution in [0.15, 0.2) is 71.3 Å². The molecule has 32 heavy (non-hydrogen) atoms. The minimum Gasteiger partial charge on any atom is -0.497 e. The SMILES string of the molecule is COc1ccc(C(C(=O)NC2CCCC2)N(C(=O)c2ccco2)c2cccc(F)c2)cc1. The monoisotopic (exact) mass is 436 g/mol. The normalized spacial score (nSPS) is 14.7. The average Bonchev–Trinajstić information content (AvgIpc) is 3.51. The highest BCUT2D eigenvalue weighted by Gasteiger charge is 2.36. The molecule has 1 N–H and O–H groups in total. The van der Waals surface area contributed by atoms with Crippen LogP contribution in [0.3, 0.4) is 0 Å². The van der Waals surface area contributed by atoms with Gasteiger partial charge in [-0.2, -0.15) is 0 Å². The zero-order chi connectivity index (χ0) is 22.5. The molecule has 1 heterocycles. The summed E-state index contributed by atoms with van der Waals surface area (Å²) in [6.45, 7) is 0. The van der Waals surface area contributed by atoms with Crippen molar-refractivity contribution in [3.8, 4) is 5.75 Å².